The van der Waals surface area contributed by atoms with E-state index in [1.165, 1.54) is 18.5 Å². The Morgan fingerprint density at radius 1 is 1.45 bits per heavy atom. The molecule has 2 heterocycles. The molecule has 0 atom stereocenters. The van der Waals surface area contributed by atoms with E-state index in [1.807, 2.05) is 0 Å². The molecular weight excluding hydrogens is 328 g/mol. The molecule has 2 aromatic rings. The number of hydrogen-bond acceptors (Lipinski definition) is 6. The predicted molar refractivity (Wildman–Crippen MR) is 68.5 cm³/mol. The van der Waals surface area contributed by atoms with Crippen LogP contribution in [0.4, 0.5) is 23.2 Å². The summed E-state index contributed by atoms with van der Waals surface area (Å²) in [6, 6.07) is 2.50. The van der Waals surface area contributed by atoms with E-state index in [0.29, 0.717) is 0 Å². The van der Waals surface area contributed by atoms with Gasteiger partial charge in [0, 0.05) is 18.0 Å². The maximum atomic E-state index is 12.7. The molecule has 0 unspecified atom stereocenters. The zero-order chi connectivity index (χ0) is 16.2. The van der Waals surface area contributed by atoms with Gasteiger partial charge in [0.05, 0.1) is 17.9 Å². The van der Waals surface area contributed by atoms with Crippen molar-refractivity contribution in [3.63, 3.8) is 0 Å². The monoisotopic (exact) mass is 336 g/mol. The largest absolute Gasteiger partial charge is 0.471 e. The number of carbonyl (C=O) groups is 1. The van der Waals surface area contributed by atoms with Gasteiger partial charge in [-0.05, 0) is 6.07 Å². The van der Waals surface area contributed by atoms with Crippen LogP contribution in [-0.2, 0) is 0 Å². The number of ether oxygens (including phenoxy) is 1. The summed E-state index contributed by atoms with van der Waals surface area (Å²) in [5, 5.41) is 2.41. The third-order valence-electron chi connectivity index (χ3n) is 2.32. The van der Waals surface area contributed by atoms with Crippen LogP contribution >= 0.6 is 11.7 Å². The Labute approximate surface area is 125 Å². The Kier molecular flexibility index (Phi) is 4.85. The van der Waals surface area contributed by atoms with Crippen LogP contribution in [0, 0.1) is 0 Å². The van der Waals surface area contributed by atoms with Gasteiger partial charge < -0.3 is 10.1 Å². The first-order chi connectivity index (χ1) is 10.4. The summed E-state index contributed by atoms with van der Waals surface area (Å²) in [6.45, 7) is -1.52. The Bertz CT molecular complexity index is 639. The van der Waals surface area contributed by atoms with Crippen molar-refractivity contribution in [3.05, 3.63) is 30.2 Å². The minimum absolute atomic E-state index is 0.0773. The SMILES string of the molecule is O=C(Nc1ccnc(OCC(F)(F)C(F)F)c1)c1cnsn1. The Hall–Kier alpha value is -2.30. The molecule has 6 nitrogen and oxygen atoms in total. The van der Waals surface area contributed by atoms with Crippen LogP contribution in [0.5, 0.6) is 5.88 Å². The molecule has 0 aliphatic carbocycles. The Morgan fingerprint density at radius 3 is 2.86 bits per heavy atom. The van der Waals surface area contributed by atoms with Crippen LogP contribution in [-0.4, -0.2) is 38.6 Å². The van der Waals surface area contributed by atoms with Crippen molar-refractivity contribution in [2.24, 2.45) is 0 Å². The van der Waals surface area contributed by atoms with Gasteiger partial charge >= 0.3 is 12.3 Å². The van der Waals surface area contributed by atoms with Crippen molar-refractivity contribution >= 4 is 23.3 Å². The number of pyridine rings is 1. The van der Waals surface area contributed by atoms with E-state index in [-0.39, 0.29) is 17.3 Å². The van der Waals surface area contributed by atoms with Gasteiger partial charge in [-0.25, -0.2) is 13.8 Å². The molecule has 2 aromatic heterocycles. The number of nitrogens with zero attached hydrogens (tertiary/aromatic N) is 3. The van der Waals surface area contributed by atoms with Crippen LogP contribution in [0.1, 0.15) is 10.5 Å². The van der Waals surface area contributed by atoms with Gasteiger partial charge in [0.2, 0.25) is 5.88 Å². The lowest BCUT2D eigenvalue weighted by Gasteiger charge is -2.15. The standard InChI is InChI=1S/C11H8F4N4O2S/c12-10(13)11(14,15)5-21-8-3-6(1-2-16-8)18-9(20)7-4-17-22-19-7/h1-4,10H,5H2,(H,16,18,20). The van der Waals surface area contributed by atoms with Gasteiger partial charge in [0.15, 0.2) is 12.3 Å². The molecule has 0 saturated carbocycles. The first-order valence-electron chi connectivity index (χ1n) is 5.72. The van der Waals surface area contributed by atoms with Gasteiger partial charge in [0.25, 0.3) is 5.91 Å². The maximum Gasteiger partial charge on any atom is 0.340 e. The van der Waals surface area contributed by atoms with Gasteiger partial charge in [0.1, 0.15) is 0 Å². The third kappa shape index (κ3) is 4.10. The van der Waals surface area contributed by atoms with E-state index in [1.54, 1.807) is 0 Å². The van der Waals surface area contributed by atoms with Crippen LogP contribution in [0.3, 0.4) is 0 Å². The molecule has 2 rings (SSSR count). The van der Waals surface area contributed by atoms with Crippen LogP contribution in [0.25, 0.3) is 0 Å². The number of halogens is 4. The molecule has 22 heavy (non-hydrogen) atoms. The summed E-state index contributed by atoms with van der Waals surface area (Å²) in [5.74, 6) is -5.17. The summed E-state index contributed by atoms with van der Waals surface area (Å²) >= 11 is 0.843. The Morgan fingerprint density at radius 2 is 2.23 bits per heavy atom. The van der Waals surface area contributed by atoms with Crippen LogP contribution in [0.15, 0.2) is 24.5 Å². The number of alkyl halides is 4. The third-order valence-corrected chi connectivity index (χ3v) is 2.80. The van der Waals surface area contributed by atoms with Crippen molar-refractivity contribution in [1.82, 2.24) is 13.7 Å². The summed E-state index contributed by atoms with van der Waals surface area (Å²) in [5.41, 5.74) is 0.261. The van der Waals surface area contributed by atoms with Crippen molar-refractivity contribution in [1.29, 1.82) is 0 Å². The highest BCUT2D eigenvalue weighted by Crippen LogP contribution is 2.24. The van der Waals surface area contributed by atoms with E-state index < -0.39 is 24.9 Å². The Balaban J connectivity index is 2.00. The van der Waals surface area contributed by atoms with E-state index >= 15 is 0 Å². The number of aromatic nitrogens is 3. The number of anilines is 1. The second-order valence-corrected chi connectivity index (χ2v) is 4.54. The first-order valence-corrected chi connectivity index (χ1v) is 6.45. The molecule has 1 N–H and O–H groups in total. The predicted octanol–water partition coefficient (Wildman–Crippen LogP) is 2.46. The molecule has 0 bridgehead atoms. The highest BCUT2D eigenvalue weighted by molar-refractivity contribution is 6.99. The van der Waals surface area contributed by atoms with E-state index in [4.69, 9.17) is 0 Å². The van der Waals surface area contributed by atoms with E-state index in [2.05, 4.69) is 23.8 Å². The van der Waals surface area contributed by atoms with Gasteiger partial charge in [-0.2, -0.15) is 17.5 Å². The summed E-state index contributed by atoms with van der Waals surface area (Å²) in [6.07, 6.45) is -1.42. The fraction of sp³-hybridized carbons (Fsp3) is 0.273. The van der Waals surface area contributed by atoms with E-state index in [0.717, 1.165) is 17.8 Å². The number of carbonyl (C=O) groups excluding carboxylic acids is 1. The smallest absolute Gasteiger partial charge is 0.340 e. The molecule has 0 aromatic carbocycles. The van der Waals surface area contributed by atoms with Crippen LogP contribution in [0.2, 0.25) is 0 Å². The van der Waals surface area contributed by atoms with Crippen molar-refractivity contribution in [3.8, 4) is 5.88 Å². The maximum absolute atomic E-state index is 12.7. The summed E-state index contributed by atoms with van der Waals surface area (Å²) in [4.78, 5) is 15.3. The lowest BCUT2D eigenvalue weighted by atomic mass is 10.3. The molecule has 0 spiro atoms. The number of amides is 1. The first kappa shape index (κ1) is 16.1. The second-order valence-electron chi connectivity index (χ2n) is 3.98. The number of rotatable bonds is 6. The number of hydrogen-bond donors (Lipinski definition) is 1. The minimum Gasteiger partial charge on any atom is -0.471 e. The topological polar surface area (TPSA) is 77.0 Å². The molecule has 0 fully saturated rings. The average Bonchev–Trinajstić information content (AvgIpc) is 3.00. The zero-order valence-corrected chi connectivity index (χ0v) is 11.5. The molecule has 0 radical (unpaired) electrons. The van der Waals surface area contributed by atoms with Crippen molar-refractivity contribution in [2.75, 3.05) is 11.9 Å². The second kappa shape index (κ2) is 6.64. The lowest BCUT2D eigenvalue weighted by Crippen LogP contribution is -2.33. The van der Waals surface area contributed by atoms with Crippen molar-refractivity contribution in [2.45, 2.75) is 12.3 Å². The average molecular weight is 336 g/mol. The number of nitrogens with one attached hydrogen (secondary N) is 1. The molecule has 118 valence electrons. The quantitative estimate of drug-likeness (QED) is 0.820. The van der Waals surface area contributed by atoms with Crippen LogP contribution < -0.4 is 10.1 Å². The fourth-order valence-corrected chi connectivity index (χ4v) is 1.67. The summed E-state index contributed by atoms with van der Waals surface area (Å²) < 4.78 is 61.4. The molecule has 1 amide bonds. The van der Waals surface area contributed by atoms with Gasteiger partial charge in [-0.15, -0.1) is 0 Å². The minimum atomic E-state index is -4.28. The van der Waals surface area contributed by atoms with Crippen molar-refractivity contribution < 1.29 is 27.1 Å². The molecule has 0 aliphatic heterocycles. The lowest BCUT2D eigenvalue weighted by molar-refractivity contribution is -0.148. The highest BCUT2D eigenvalue weighted by atomic mass is 32.1. The molecular formula is C11H8F4N4O2S. The highest BCUT2D eigenvalue weighted by Gasteiger charge is 2.41. The summed E-state index contributed by atoms with van der Waals surface area (Å²) in [7, 11) is 0. The van der Waals surface area contributed by atoms with Gasteiger partial charge in [-0.3, -0.25) is 4.79 Å². The van der Waals surface area contributed by atoms with Gasteiger partial charge in [-0.1, -0.05) is 0 Å². The zero-order valence-electron chi connectivity index (χ0n) is 10.7. The normalized spacial score (nSPS) is 11.5. The molecule has 11 heteroatoms. The molecule has 0 aliphatic rings. The molecule has 0 saturated heterocycles. The van der Waals surface area contributed by atoms with E-state index in [9.17, 15) is 22.4 Å². The fourth-order valence-electron chi connectivity index (χ4n) is 1.26.